The highest BCUT2D eigenvalue weighted by atomic mass is 16.5. The second-order valence-corrected chi connectivity index (χ2v) is 9.02. The van der Waals surface area contributed by atoms with Gasteiger partial charge in [0.1, 0.15) is 34.2 Å². The van der Waals surface area contributed by atoms with Crippen molar-refractivity contribution in [3.63, 3.8) is 0 Å². The monoisotopic (exact) mass is 506 g/mol. The van der Waals surface area contributed by atoms with Gasteiger partial charge in [-0.15, -0.1) is 0 Å². The molecule has 0 bridgehead atoms. The number of rotatable bonds is 4. The van der Waals surface area contributed by atoms with E-state index in [4.69, 9.17) is 9.47 Å². The van der Waals surface area contributed by atoms with Gasteiger partial charge in [-0.1, -0.05) is 0 Å². The SMILES string of the molecule is COc1ccc(-n2c(C)nc3cnccc32)c(C)c1.COc1ccc(-n2c(C)nc3cnccc32)c(C)c1. The summed E-state index contributed by atoms with van der Waals surface area (Å²) in [6.45, 7) is 8.15. The van der Waals surface area contributed by atoms with Gasteiger partial charge >= 0.3 is 0 Å². The predicted octanol–water partition coefficient (Wildman–Crippen LogP) is 6.09. The molecule has 0 fully saturated rings. The summed E-state index contributed by atoms with van der Waals surface area (Å²) in [6.07, 6.45) is 7.16. The average Bonchev–Trinajstić information content (AvgIpc) is 3.44. The van der Waals surface area contributed by atoms with Crippen LogP contribution in [-0.4, -0.2) is 43.3 Å². The average molecular weight is 507 g/mol. The summed E-state index contributed by atoms with van der Waals surface area (Å²) in [4.78, 5) is 17.3. The number of aromatic nitrogens is 6. The van der Waals surface area contributed by atoms with E-state index < -0.39 is 0 Å². The number of hydrogen-bond donors (Lipinski definition) is 0. The highest BCUT2D eigenvalue weighted by Crippen LogP contribution is 2.27. The smallest absolute Gasteiger partial charge is 0.119 e. The Morgan fingerprint density at radius 3 is 1.37 bits per heavy atom. The van der Waals surface area contributed by atoms with Crippen LogP contribution in [0.4, 0.5) is 0 Å². The summed E-state index contributed by atoms with van der Waals surface area (Å²) in [7, 11) is 3.36. The first-order valence-corrected chi connectivity index (χ1v) is 12.3. The molecule has 4 heterocycles. The maximum absolute atomic E-state index is 5.25. The number of nitrogens with zero attached hydrogens (tertiary/aromatic N) is 6. The Balaban J connectivity index is 0.000000155. The fourth-order valence-corrected chi connectivity index (χ4v) is 4.73. The predicted molar refractivity (Wildman–Crippen MR) is 150 cm³/mol. The van der Waals surface area contributed by atoms with Gasteiger partial charge in [-0.2, -0.15) is 0 Å². The molecule has 2 aromatic carbocycles. The minimum atomic E-state index is 0.866. The molecule has 0 unspecified atom stereocenters. The molecule has 0 spiro atoms. The summed E-state index contributed by atoms with van der Waals surface area (Å²) in [5, 5.41) is 0. The first kappa shape index (κ1) is 25.0. The molecule has 192 valence electrons. The Hall–Kier alpha value is -4.72. The molecule has 0 saturated heterocycles. The number of aryl methyl sites for hydroxylation is 4. The lowest BCUT2D eigenvalue weighted by Gasteiger charge is -2.11. The lowest BCUT2D eigenvalue weighted by molar-refractivity contribution is 0.414. The summed E-state index contributed by atoms with van der Waals surface area (Å²) in [5.74, 6) is 3.64. The third-order valence-electron chi connectivity index (χ3n) is 6.54. The van der Waals surface area contributed by atoms with Crippen LogP contribution in [0, 0.1) is 27.7 Å². The molecule has 6 rings (SSSR count). The zero-order chi connectivity index (χ0) is 26.8. The van der Waals surface area contributed by atoms with Crippen molar-refractivity contribution < 1.29 is 9.47 Å². The lowest BCUT2D eigenvalue weighted by atomic mass is 10.2. The molecule has 0 N–H and O–H groups in total. The van der Waals surface area contributed by atoms with E-state index in [1.807, 2.05) is 50.2 Å². The molecule has 6 aromatic rings. The van der Waals surface area contributed by atoms with Gasteiger partial charge in [0.05, 0.1) is 49.0 Å². The molecular weight excluding hydrogens is 476 g/mol. The maximum Gasteiger partial charge on any atom is 0.119 e. The van der Waals surface area contributed by atoms with Crippen molar-refractivity contribution in [2.75, 3.05) is 14.2 Å². The highest BCUT2D eigenvalue weighted by molar-refractivity contribution is 5.78. The van der Waals surface area contributed by atoms with Crippen molar-refractivity contribution >= 4 is 22.1 Å². The van der Waals surface area contributed by atoms with E-state index in [1.165, 1.54) is 0 Å². The minimum Gasteiger partial charge on any atom is -0.497 e. The van der Waals surface area contributed by atoms with Crippen LogP contribution in [0.2, 0.25) is 0 Å². The second kappa shape index (κ2) is 10.3. The molecule has 0 aliphatic carbocycles. The summed E-state index contributed by atoms with van der Waals surface area (Å²) >= 11 is 0. The lowest BCUT2D eigenvalue weighted by Crippen LogP contribution is -2.00. The molecule has 8 heteroatoms. The zero-order valence-corrected chi connectivity index (χ0v) is 22.4. The normalized spacial score (nSPS) is 10.9. The molecule has 0 amide bonds. The fourth-order valence-electron chi connectivity index (χ4n) is 4.73. The number of pyridine rings is 2. The van der Waals surface area contributed by atoms with Crippen molar-refractivity contribution in [1.82, 2.24) is 29.1 Å². The van der Waals surface area contributed by atoms with Gasteiger partial charge in [-0.05, 0) is 87.4 Å². The van der Waals surface area contributed by atoms with Crippen molar-refractivity contribution in [2.24, 2.45) is 0 Å². The van der Waals surface area contributed by atoms with Crippen LogP contribution in [-0.2, 0) is 0 Å². The minimum absolute atomic E-state index is 0.866. The van der Waals surface area contributed by atoms with Gasteiger partial charge in [0.25, 0.3) is 0 Å². The summed E-state index contributed by atoms with van der Waals surface area (Å²) in [6, 6.07) is 16.1. The van der Waals surface area contributed by atoms with Crippen LogP contribution in [0.15, 0.2) is 73.3 Å². The third-order valence-corrected chi connectivity index (χ3v) is 6.54. The van der Waals surface area contributed by atoms with Crippen molar-refractivity contribution in [2.45, 2.75) is 27.7 Å². The van der Waals surface area contributed by atoms with Gasteiger partial charge < -0.3 is 9.47 Å². The Morgan fingerprint density at radius 2 is 1.00 bits per heavy atom. The van der Waals surface area contributed by atoms with Crippen LogP contribution >= 0.6 is 0 Å². The summed E-state index contributed by atoms with van der Waals surface area (Å²) in [5.41, 5.74) is 8.50. The molecule has 0 atom stereocenters. The molecule has 0 saturated carbocycles. The zero-order valence-electron chi connectivity index (χ0n) is 22.4. The van der Waals surface area contributed by atoms with Gasteiger partial charge in [0, 0.05) is 12.4 Å². The van der Waals surface area contributed by atoms with E-state index in [9.17, 15) is 0 Å². The Labute approximate surface area is 221 Å². The molecule has 38 heavy (non-hydrogen) atoms. The van der Waals surface area contributed by atoms with Crippen LogP contribution < -0.4 is 9.47 Å². The third kappa shape index (κ3) is 4.56. The van der Waals surface area contributed by atoms with Crippen LogP contribution in [0.25, 0.3) is 33.4 Å². The number of methoxy groups -OCH3 is 2. The van der Waals surface area contributed by atoms with Crippen LogP contribution in [0.5, 0.6) is 11.5 Å². The number of hydrogen-bond acceptors (Lipinski definition) is 6. The van der Waals surface area contributed by atoms with Gasteiger partial charge in [-0.25, -0.2) is 9.97 Å². The molecular formula is C30H30N6O2. The maximum atomic E-state index is 5.25. The van der Waals surface area contributed by atoms with E-state index in [0.29, 0.717) is 0 Å². The number of fused-ring (bicyclic) bond motifs is 2. The van der Waals surface area contributed by atoms with Crippen molar-refractivity contribution in [1.29, 1.82) is 0 Å². The van der Waals surface area contributed by atoms with Crippen LogP contribution in [0.3, 0.4) is 0 Å². The second-order valence-electron chi connectivity index (χ2n) is 9.02. The molecule has 0 aliphatic heterocycles. The fraction of sp³-hybridized carbons (Fsp3) is 0.200. The van der Waals surface area contributed by atoms with Crippen molar-refractivity contribution in [3.8, 4) is 22.9 Å². The van der Waals surface area contributed by atoms with Crippen LogP contribution in [0.1, 0.15) is 22.8 Å². The van der Waals surface area contributed by atoms with Gasteiger partial charge in [-0.3, -0.25) is 19.1 Å². The first-order chi connectivity index (χ1) is 18.4. The summed E-state index contributed by atoms with van der Waals surface area (Å²) < 4.78 is 14.8. The number of imidazole rings is 2. The van der Waals surface area contributed by atoms with Gasteiger partial charge in [0.15, 0.2) is 0 Å². The first-order valence-electron chi connectivity index (χ1n) is 12.3. The van der Waals surface area contributed by atoms with E-state index in [-0.39, 0.29) is 0 Å². The molecule has 0 radical (unpaired) electrons. The molecule has 8 nitrogen and oxygen atoms in total. The standard InChI is InChI=1S/2C15H15N3O/c2*1-10-8-12(19-3)4-5-14(10)18-11(2)17-13-9-16-7-6-15(13)18/h2*4-9H,1-3H3. The largest absolute Gasteiger partial charge is 0.497 e. The highest BCUT2D eigenvalue weighted by Gasteiger charge is 2.12. The molecule has 0 aliphatic rings. The van der Waals surface area contributed by atoms with Gasteiger partial charge in [0.2, 0.25) is 0 Å². The Kier molecular flexibility index (Phi) is 6.79. The van der Waals surface area contributed by atoms with E-state index in [1.54, 1.807) is 39.0 Å². The topological polar surface area (TPSA) is 79.9 Å². The molecule has 4 aromatic heterocycles. The Morgan fingerprint density at radius 1 is 0.579 bits per heavy atom. The van der Waals surface area contributed by atoms with E-state index >= 15 is 0 Å². The van der Waals surface area contributed by atoms with E-state index in [0.717, 1.165) is 67.7 Å². The Bertz CT molecular complexity index is 1620. The van der Waals surface area contributed by atoms with E-state index in [2.05, 4.69) is 55.1 Å². The number of ether oxygens (including phenoxy) is 2. The number of benzene rings is 2. The van der Waals surface area contributed by atoms with Crippen molar-refractivity contribution in [3.05, 3.63) is 96.1 Å². The quantitative estimate of drug-likeness (QED) is 0.288.